The van der Waals surface area contributed by atoms with Gasteiger partial charge in [-0.25, -0.2) is 0 Å². The fraction of sp³-hybridized carbons (Fsp3) is 0.312. The van der Waals surface area contributed by atoms with Gasteiger partial charge in [0.05, 0.1) is 6.54 Å². The van der Waals surface area contributed by atoms with Gasteiger partial charge in [-0.05, 0) is 30.0 Å². The average Bonchev–Trinajstić information content (AvgIpc) is 3.01. The van der Waals surface area contributed by atoms with Gasteiger partial charge in [0.2, 0.25) is 5.91 Å². The van der Waals surface area contributed by atoms with Gasteiger partial charge in [0.25, 0.3) is 0 Å². The van der Waals surface area contributed by atoms with E-state index in [1.807, 2.05) is 17.5 Å². The van der Waals surface area contributed by atoms with Crippen LogP contribution in [0.5, 0.6) is 5.75 Å². The van der Waals surface area contributed by atoms with Crippen molar-refractivity contribution in [3.63, 3.8) is 0 Å². The summed E-state index contributed by atoms with van der Waals surface area (Å²) in [5, 5.41) is 5.15. The number of anilines is 1. The van der Waals surface area contributed by atoms with Gasteiger partial charge in [-0.2, -0.15) is 0 Å². The Labute approximate surface area is 140 Å². The fourth-order valence-electron chi connectivity index (χ4n) is 2.62. The van der Waals surface area contributed by atoms with E-state index in [0.717, 1.165) is 6.42 Å². The monoisotopic (exact) mass is 356 g/mol. The Morgan fingerprint density at radius 1 is 1.29 bits per heavy atom. The maximum absolute atomic E-state index is 12.4. The number of hydrogen-bond acceptors (Lipinski definition) is 4. The molecule has 2 aromatic rings. The Morgan fingerprint density at radius 2 is 2.12 bits per heavy atom. The largest absolute Gasteiger partial charge is 0.573 e. The van der Waals surface area contributed by atoms with Crippen molar-refractivity contribution in [3.8, 4) is 5.75 Å². The van der Waals surface area contributed by atoms with Crippen molar-refractivity contribution in [2.75, 3.05) is 18.0 Å². The SMILES string of the molecule is O=C1CN[C@@H](Cc2cccs2)CN1c1cccc(OC(F)(F)F)c1. The highest BCUT2D eigenvalue weighted by Gasteiger charge is 2.32. The van der Waals surface area contributed by atoms with Gasteiger partial charge in [0.15, 0.2) is 0 Å². The van der Waals surface area contributed by atoms with Crippen molar-refractivity contribution >= 4 is 22.9 Å². The van der Waals surface area contributed by atoms with E-state index in [9.17, 15) is 18.0 Å². The minimum atomic E-state index is -4.76. The lowest BCUT2D eigenvalue weighted by Crippen LogP contribution is -2.55. The van der Waals surface area contributed by atoms with Crippen molar-refractivity contribution in [1.29, 1.82) is 0 Å². The summed E-state index contributed by atoms with van der Waals surface area (Å²) in [7, 11) is 0. The molecule has 0 bridgehead atoms. The number of benzene rings is 1. The van der Waals surface area contributed by atoms with Crippen LogP contribution in [0.3, 0.4) is 0 Å². The van der Waals surface area contributed by atoms with E-state index in [0.29, 0.717) is 12.2 Å². The molecule has 1 aliphatic heterocycles. The molecule has 24 heavy (non-hydrogen) atoms. The maximum Gasteiger partial charge on any atom is 0.573 e. The summed E-state index contributed by atoms with van der Waals surface area (Å²) in [6, 6.07) is 9.53. The molecule has 3 rings (SSSR count). The Bertz CT molecular complexity index is 704. The smallest absolute Gasteiger partial charge is 0.406 e. The number of carbonyl (C=O) groups is 1. The van der Waals surface area contributed by atoms with Gasteiger partial charge in [-0.3, -0.25) is 4.79 Å². The highest BCUT2D eigenvalue weighted by molar-refractivity contribution is 7.09. The lowest BCUT2D eigenvalue weighted by molar-refractivity contribution is -0.274. The molecule has 1 N–H and O–H groups in total. The minimum absolute atomic E-state index is 0.0496. The van der Waals surface area contributed by atoms with Crippen LogP contribution >= 0.6 is 11.3 Å². The van der Waals surface area contributed by atoms with E-state index in [1.54, 1.807) is 17.4 Å². The number of piperazine rings is 1. The number of alkyl halides is 3. The van der Waals surface area contributed by atoms with Gasteiger partial charge >= 0.3 is 6.36 Å². The minimum Gasteiger partial charge on any atom is -0.406 e. The Balaban J connectivity index is 1.74. The van der Waals surface area contributed by atoms with Gasteiger partial charge in [0.1, 0.15) is 5.75 Å². The Morgan fingerprint density at radius 3 is 2.83 bits per heavy atom. The molecule has 0 spiro atoms. The zero-order valence-corrected chi connectivity index (χ0v) is 13.4. The second-order valence-corrected chi connectivity index (χ2v) is 6.44. The second-order valence-electron chi connectivity index (χ2n) is 5.41. The predicted molar refractivity (Wildman–Crippen MR) is 85.3 cm³/mol. The molecule has 1 aliphatic rings. The summed E-state index contributed by atoms with van der Waals surface area (Å²) >= 11 is 1.63. The first-order chi connectivity index (χ1) is 11.4. The number of rotatable bonds is 4. The fourth-order valence-corrected chi connectivity index (χ4v) is 3.41. The van der Waals surface area contributed by atoms with E-state index in [1.165, 1.54) is 28.0 Å². The molecular weight excluding hydrogens is 341 g/mol. The number of hydrogen-bond donors (Lipinski definition) is 1. The number of nitrogens with zero attached hydrogens (tertiary/aromatic N) is 1. The third-order valence-electron chi connectivity index (χ3n) is 3.64. The molecule has 0 aliphatic carbocycles. The van der Waals surface area contributed by atoms with Crippen LogP contribution in [0.25, 0.3) is 0 Å². The zero-order valence-electron chi connectivity index (χ0n) is 12.5. The molecule has 2 heterocycles. The number of amides is 1. The van der Waals surface area contributed by atoms with Crippen LogP contribution in [0.2, 0.25) is 0 Å². The first kappa shape index (κ1) is 16.8. The number of ether oxygens (including phenoxy) is 1. The molecule has 0 unspecified atom stereocenters. The molecule has 4 nitrogen and oxygen atoms in total. The van der Waals surface area contributed by atoms with Crippen LogP contribution < -0.4 is 15.0 Å². The summed E-state index contributed by atoms with van der Waals surface area (Å²) in [5.74, 6) is -0.511. The maximum atomic E-state index is 12.4. The predicted octanol–water partition coefficient (Wildman–Crippen LogP) is 3.19. The molecule has 1 aromatic carbocycles. The van der Waals surface area contributed by atoms with E-state index >= 15 is 0 Å². The van der Waals surface area contributed by atoms with Gasteiger partial charge in [0, 0.05) is 29.2 Å². The first-order valence-electron chi connectivity index (χ1n) is 7.33. The topological polar surface area (TPSA) is 41.6 Å². The van der Waals surface area contributed by atoms with Crippen molar-refractivity contribution in [2.24, 2.45) is 0 Å². The van der Waals surface area contributed by atoms with Gasteiger partial charge in [-0.15, -0.1) is 24.5 Å². The van der Waals surface area contributed by atoms with Crippen LogP contribution in [-0.2, 0) is 11.2 Å². The number of halogens is 3. The van der Waals surface area contributed by atoms with E-state index in [2.05, 4.69) is 10.1 Å². The van der Waals surface area contributed by atoms with Crippen LogP contribution in [0.4, 0.5) is 18.9 Å². The van der Waals surface area contributed by atoms with E-state index < -0.39 is 6.36 Å². The lowest BCUT2D eigenvalue weighted by Gasteiger charge is -2.33. The molecule has 1 amide bonds. The summed E-state index contributed by atoms with van der Waals surface area (Å²) < 4.78 is 41.0. The molecular formula is C16H15F3N2O2S. The van der Waals surface area contributed by atoms with Gasteiger partial charge in [-0.1, -0.05) is 12.1 Å². The van der Waals surface area contributed by atoms with Gasteiger partial charge < -0.3 is 15.0 Å². The number of carbonyl (C=O) groups excluding carboxylic acids is 1. The van der Waals surface area contributed by atoms with E-state index in [4.69, 9.17) is 0 Å². The highest BCUT2D eigenvalue weighted by Crippen LogP contribution is 2.28. The third-order valence-corrected chi connectivity index (χ3v) is 4.54. The Hall–Kier alpha value is -2.06. The summed E-state index contributed by atoms with van der Waals surface area (Å²) in [6.45, 7) is 0.548. The molecule has 0 saturated carbocycles. The molecule has 1 atom stereocenters. The number of nitrogens with one attached hydrogen (secondary N) is 1. The summed E-state index contributed by atoms with van der Waals surface area (Å²) in [4.78, 5) is 14.8. The average molecular weight is 356 g/mol. The Kier molecular flexibility index (Phi) is 4.77. The zero-order chi connectivity index (χ0) is 17.2. The van der Waals surface area contributed by atoms with Crippen LogP contribution in [0, 0.1) is 0 Å². The molecule has 1 aromatic heterocycles. The quantitative estimate of drug-likeness (QED) is 0.915. The second kappa shape index (κ2) is 6.82. The van der Waals surface area contributed by atoms with Crippen molar-refractivity contribution in [1.82, 2.24) is 5.32 Å². The first-order valence-corrected chi connectivity index (χ1v) is 8.20. The van der Waals surface area contributed by atoms with Crippen LogP contribution in [0.1, 0.15) is 4.88 Å². The summed E-state index contributed by atoms with van der Waals surface area (Å²) in [5.41, 5.74) is 0.402. The third kappa shape index (κ3) is 4.27. The van der Waals surface area contributed by atoms with Crippen molar-refractivity contribution in [2.45, 2.75) is 18.8 Å². The molecule has 128 valence electrons. The van der Waals surface area contributed by atoms with Crippen molar-refractivity contribution in [3.05, 3.63) is 46.7 Å². The van der Waals surface area contributed by atoms with Crippen molar-refractivity contribution < 1.29 is 22.7 Å². The molecule has 8 heteroatoms. The van der Waals surface area contributed by atoms with E-state index in [-0.39, 0.29) is 24.2 Å². The summed E-state index contributed by atoms with van der Waals surface area (Å²) in [6.07, 6.45) is -3.99. The highest BCUT2D eigenvalue weighted by atomic mass is 32.1. The van der Waals surface area contributed by atoms with Crippen LogP contribution in [0.15, 0.2) is 41.8 Å². The molecule has 0 radical (unpaired) electrons. The lowest BCUT2D eigenvalue weighted by atomic mass is 10.1. The van der Waals surface area contributed by atoms with Crippen LogP contribution in [-0.4, -0.2) is 31.4 Å². The number of thiophene rings is 1. The normalized spacial score (nSPS) is 18.7. The standard InChI is InChI=1S/C16H15F3N2O2S/c17-16(18,19)23-13-4-1-3-12(8-13)21-10-11(20-9-15(21)22)7-14-5-2-6-24-14/h1-6,8,11,20H,7,9-10H2/t11-/m0/s1. The molecule has 1 saturated heterocycles. The molecule has 1 fully saturated rings.